The van der Waals surface area contributed by atoms with Crippen molar-refractivity contribution < 1.29 is 19.1 Å². The third-order valence-electron chi connectivity index (χ3n) is 3.38. The number of amides is 3. The molecule has 19 heavy (non-hydrogen) atoms. The molecule has 7 heteroatoms. The van der Waals surface area contributed by atoms with Crippen LogP contribution in [0.1, 0.15) is 19.8 Å². The second-order valence-corrected chi connectivity index (χ2v) is 4.60. The van der Waals surface area contributed by atoms with Crippen LogP contribution in [0.5, 0.6) is 0 Å². The molecule has 0 aromatic rings. The van der Waals surface area contributed by atoms with Gasteiger partial charge in [-0.3, -0.25) is 19.8 Å². The number of hydrogen-bond donors (Lipinski definition) is 2. The van der Waals surface area contributed by atoms with Crippen LogP contribution >= 0.6 is 0 Å². The Balaban J connectivity index is 2.56. The number of nitrogens with one attached hydrogen (secondary N) is 2. The maximum absolute atomic E-state index is 11.8. The average Bonchev–Trinajstić information content (AvgIpc) is 2.45. The molecule has 0 radical (unpaired) electrons. The lowest BCUT2D eigenvalue weighted by Crippen LogP contribution is -2.52. The zero-order valence-electron chi connectivity index (χ0n) is 11.6. The van der Waals surface area contributed by atoms with E-state index in [1.165, 1.54) is 14.2 Å². The quantitative estimate of drug-likeness (QED) is 0.689. The topological polar surface area (TPSA) is 87.7 Å². The van der Waals surface area contributed by atoms with E-state index >= 15 is 0 Å². The van der Waals surface area contributed by atoms with Gasteiger partial charge in [-0.15, -0.1) is 0 Å². The lowest BCUT2D eigenvalue weighted by atomic mass is 9.97. The standard InChI is InChI=1S/C12H21N3O4/c1-8(10(16)14-12(18)13-2)15-6-4-5-9(7-15)11(17)19-3/h8-9H,4-7H2,1-3H3,(H2,13,14,16,18)/t8?,9-/m0/s1. The van der Waals surface area contributed by atoms with E-state index in [-0.39, 0.29) is 17.8 Å². The lowest BCUT2D eigenvalue weighted by Gasteiger charge is -2.34. The summed E-state index contributed by atoms with van der Waals surface area (Å²) in [4.78, 5) is 36.3. The van der Waals surface area contributed by atoms with Gasteiger partial charge in [0, 0.05) is 13.6 Å². The van der Waals surface area contributed by atoms with Crippen LogP contribution in [0.2, 0.25) is 0 Å². The van der Waals surface area contributed by atoms with Crippen molar-refractivity contribution in [3.63, 3.8) is 0 Å². The zero-order chi connectivity index (χ0) is 14.4. The summed E-state index contributed by atoms with van der Waals surface area (Å²) >= 11 is 0. The third-order valence-corrected chi connectivity index (χ3v) is 3.38. The Bertz CT molecular complexity index is 359. The summed E-state index contributed by atoms with van der Waals surface area (Å²) in [6.07, 6.45) is 1.60. The molecule has 7 nitrogen and oxygen atoms in total. The van der Waals surface area contributed by atoms with Gasteiger partial charge in [0.1, 0.15) is 0 Å². The fourth-order valence-corrected chi connectivity index (χ4v) is 2.16. The highest BCUT2D eigenvalue weighted by Gasteiger charge is 2.31. The van der Waals surface area contributed by atoms with Gasteiger partial charge in [0.15, 0.2) is 0 Å². The highest BCUT2D eigenvalue weighted by molar-refractivity contribution is 5.96. The molecule has 1 saturated heterocycles. The second kappa shape index (κ2) is 7.08. The summed E-state index contributed by atoms with van der Waals surface area (Å²) < 4.78 is 4.73. The molecular weight excluding hydrogens is 250 g/mol. The molecule has 0 aromatic heterocycles. The van der Waals surface area contributed by atoms with Crippen molar-refractivity contribution in [2.24, 2.45) is 5.92 Å². The van der Waals surface area contributed by atoms with E-state index in [0.717, 1.165) is 19.4 Å². The van der Waals surface area contributed by atoms with Crippen molar-refractivity contribution in [3.8, 4) is 0 Å². The van der Waals surface area contributed by atoms with Gasteiger partial charge >= 0.3 is 12.0 Å². The van der Waals surface area contributed by atoms with Crippen LogP contribution in [-0.2, 0) is 14.3 Å². The van der Waals surface area contributed by atoms with Gasteiger partial charge in [0.05, 0.1) is 19.1 Å². The largest absolute Gasteiger partial charge is 0.469 e. The van der Waals surface area contributed by atoms with Crippen molar-refractivity contribution in [3.05, 3.63) is 0 Å². The van der Waals surface area contributed by atoms with Crippen LogP contribution in [0.15, 0.2) is 0 Å². The van der Waals surface area contributed by atoms with Gasteiger partial charge in [0.25, 0.3) is 0 Å². The fraction of sp³-hybridized carbons (Fsp3) is 0.750. The molecule has 0 saturated carbocycles. The van der Waals surface area contributed by atoms with E-state index in [9.17, 15) is 14.4 Å². The van der Waals surface area contributed by atoms with Gasteiger partial charge < -0.3 is 10.1 Å². The van der Waals surface area contributed by atoms with E-state index in [1.807, 2.05) is 4.90 Å². The minimum absolute atomic E-state index is 0.200. The number of hydrogen-bond acceptors (Lipinski definition) is 5. The van der Waals surface area contributed by atoms with Crippen LogP contribution < -0.4 is 10.6 Å². The first kappa shape index (κ1) is 15.4. The van der Waals surface area contributed by atoms with Crippen molar-refractivity contribution in [2.45, 2.75) is 25.8 Å². The molecule has 3 amide bonds. The molecule has 0 spiro atoms. The summed E-state index contributed by atoms with van der Waals surface area (Å²) in [6.45, 7) is 2.93. The Kier molecular flexibility index (Phi) is 5.75. The second-order valence-electron chi connectivity index (χ2n) is 4.60. The Morgan fingerprint density at radius 2 is 2.05 bits per heavy atom. The minimum Gasteiger partial charge on any atom is -0.469 e. The van der Waals surface area contributed by atoms with E-state index in [2.05, 4.69) is 10.6 Å². The lowest BCUT2D eigenvalue weighted by molar-refractivity contribution is -0.148. The smallest absolute Gasteiger partial charge is 0.321 e. The molecule has 0 aromatic carbocycles. The third kappa shape index (κ3) is 4.20. The summed E-state index contributed by atoms with van der Waals surface area (Å²) in [5, 5.41) is 4.56. The highest BCUT2D eigenvalue weighted by atomic mass is 16.5. The number of esters is 1. The van der Waals surface area contributed by atoms with Crippen LogP contribution in [0.4, 0.5) is 4.79 Å². The first-order valence-corrected chi connectivity index (χ1v) is 6.34. The molecule has 1 unspecified atom stereocenters. The van der Waals surface area contributed by atoms with Crippen molar-refractivity contribution >= 4 is 17.9 Å². The van der Waals surface area contributed by atoms with Gasteiger partial charge in [-0.25, -0.2) is 4.79 Å². The highest BCUT2D eigenvalue weighted by Crippen LogP contribution is 2.19. The van der Waals surface area contributed by atoms with Crippen molar-refractivity contribution in [1.82, 2.24) is 15.5 Å². The SMILES string of the molecule is CNC(=O)NC(=O)C(C)N1CCC[C@H](C(=O)OC)C1. The van der Waals surface area contributed by atoms with E-state index < -0.39 is 12.1 Å². The Morgan fingerprint density at radius 1 is 1.37 bits per heavy atom. The van der Waals surface area contributed by atoms with Gasteiger partial charge in [-0.1, -0.05) is 0 Å². The van der Waals surface area contributed by atoms with Gasteiger partial charge in [0.2, 0.25) is 5.91 Å². The molecular formula is C12H21N3O4. The summed E-state index contributed by atoms with van der Waals surface area (Å²) in [5.74, 6) is -0.817. The summed E-state index contributed by atoms with van der Waals surface area (Å²) in [6, 6.07) is -0.983. The van der Waals surface area contributed by atoms with Crippen LogP contribution in [0.25, 0.3) is 0 Å². The molecule has 1 fully saturated rings. The maximum Gasteiger partial charge on any atom is 0.321 e. The van der Waals surface area contributed by atoms with Gasteiger partial charge in [-0.05, 0) is 26.3 Å². The Morgan fingerprint density at radius 3 is 2.63 bits per heavy atom. The molecule has 0 bridgehead atoms. The molecule has 108 valence electrons. The van der Waals surface area contributed by atoms with E-state index in [0.29, 0.717) is 6.54 Å². The molecule has 1 aliphatic heterocycles. The average molecular weight is 271 g/mol. The number of methoxy groups -OCH3 is 1. The number of nitrogens with zero attached hydrogens (tertiary/aromatic N) is 1. The van der Waals surface area contributed by atoms with Crippen molar-refractivity contribution in [2.75, 3.05) is 27.2 Å². The number of rotatable bonds is 3. The Labute approximate surface area is 112 Å². The molecule has 2 atom stereocenters. The van der Waals surface area contributed by atoms with E-state index in [1.54, 1.807) is 6.92 Å². The predicted octanol–water partition coefficient (Wildman–Crippen LogP) is -0.284. The molecule has 2 N–H and O–H groups in total. The number of carbonyl (C=O) groups excluding carboxylic acids is 3. The number of carbonyl (C=O) groups is 3. The van der Waals surface area contributed by atoms with Crippen LogP contribution in [0.3, 0.4) is 0 Å². The van der Waals surface area contributed by atoms with Crippen LogP contribution in [-0.4, -0.2) is 56.1 Å². The first-order chi connectivity index (χ1) is 8.99. The number of piperidine rings is 1. The van der Waals surface area contributed by atoms with E-state index in [4.69, 9.17) is 4.74 Å². The first-order valence-electron chi connectivity index (χ1n) is 6.34. The number of imide groups is 1. The number of ether oxygens (including phenoxy) is 1. The minimum atomic E-state index is -0.529. The van der Waals surface area contributed by atoms with Crippen molar-refractivity contribution in [1.29, 1.82) is 0 Å². The molecule has 0 aliphatic carbocycles. The normalized spacial score (nSPS) is 21.3. The molecule has 1 heterocycles. The maximum atomic E-state index is 11.8. The number of urea groups is 1. The molecule has 1 aliphatic rings. The number of likely N-dealkylation sites (tertiary alicyclic amines) is 1. The summed E-state index contributed by atoms with van der Waals surface area (Å²) in [7, 11) is 2.81. The molecule has 1 rings (SSSR count). The zero-order valence-corrected chi connectivity index (χ0v) is 11.6. The predicted molar refractivity (Wildman–Crippen MR) is 68.4 cm³/mol. The van der Waals surface area contributed by atoms with Crippen LogP contribution in [0, 0.1) is 5.92 Å². The van der Waals surface area contributed by atoms with Gasteiger partial charge in [-0.2, -0.15) is 0 Å². The monoisotopic (exact) mass is 271 g/mol. The fourth-order valence-electron chi connectivity index (χ4n) is 2.16. The Hall–Kier alpha value is -1.63. The summed E-state index contributed by atoms with van der Waals surface area (Å²) in [5.41, 5.74) is 0.